The highest BCUT2D eigenvalue weighted by Gasteiger charge is 2.31. The Kier molecular flexibility index (Phi) is 3.44. The predicted octanol–water partition coefficient (Wildman–Crippen LogP) is 0.747. The Hall–Kier alpha value is -1.39. The molecule has 4 amide bonds. The predicted molar refractivity (Wildman–Crippen MR) is 53.9 cm³/mol. The van der Waals surface area contributed by atoms with E-state index in [4.69, 9.17) is 0 Å². The number of nitrogens with one attached hydrogen (secondary N) is 1. The van der Waals surface area contributed by atoms with Crippen LogP contribution in [0.5, 0.6) is 0 Å². The third-order valence-corrected chi connectivity index (χ3v) is 2.71. The molecule has 1 fully saturated rings. The third kappa shape index (κ3) is 2.78. The lowest BCUT2D eigenvalue weighted by atomic mass is 9.97. The molecule has 84 valence electrons. The van der Waals surface area contributed by atoms with Crippen LogP contribution in [-0.4, -0.2) is 29.3 Å². The van der Waals surface area contributed by atoms with Crippen LogP contribution in [0.25, 0.3) is 0 Å². The second kappa shape index (κ2) is 4.42. The van der Waals surface area contributed by atoms with Crippen LogP contribution in [0.1, 0.15) is 27.2 Å². The summed E-state index contributed by atoms with van der Waals surface area (Å²) in [6.07, 6.45) is -0.226. The largest absolute Gasteiger partial charge is 0.330 e. The van der Waals surface area contributed by atoms with E-state index < -0.39 is 17.8 Å². The van der Waals surface area contributed by atoms with E-state index in [1.54, 1.807) is 0 Å². The van der Waals surface area contributed by atoms with E-state index in [1.807, 2.05) is 20.8 Å². The molecule has 1 aliphatic rings. The van der Waals surface area contributed by atoms with Crippen LogP contribution >= 0.6 is 0 Å². The molecule has 5 heteroatoms. The number of hydrogen-bond acceptors (Lipinski definition) is 3. The highest BCUT2D eigenvalue weighted by atomic mass is 16.2. The summed E-state index contributed by atoms with van der Waals surface area (Å²) in [7, 11) is 0. The average molecular weight is 212 g/mol. The van der Waals surface area contributed by atoms with E-state index in [1.165, 1.54) is 0 Å². The fourth-order valence-electron chi connectivity index (χ4n) is 1.26. The molecule has 0 radical (unpaired) electrons. The molecular weight excluding hydrogens is 196 g/mol. The monoisotopic (exact) mass is 212 g/mol. The van der Waals surface area contributed by atoms with Crippen molar-refractivity contribution in [3.8, 4) is 0 Å². The summed E-state index contributed by atoms with van der Waals surface area (Å²) >= 11 is 0. The zero-order valence-corrected chi connectivity index (χ0v) is 9.24. The summed E-state index contributed by atoms with van der Waals surface area (Å²) < 4.78 is 0. The fraction of sp³-hybridized carbons (Fsp3) is 0.700. The number of rotatable bonds is 3. The number of amides is 4. The summed E-state index contributed by atoms with van der Waals surface area (Å²) in [4.78, 5) is 34.8. The van der Waals surface area contributed by atoms with E-state index >= 15 is 0 Å². The van der Waals surface area contributed by atoms with Gasteiger partial charge in [0.05, 0.1) is 0 Å². The van der Waals surface area contributed by atoms with E-state index in [0.29, 0.717) is 12.5 Å². The number of barbiturate groups is 1. The molecule has 5 nitrogen and oxygen atoms in total. The first-order chi connectivity index (χ1) is 6.91. The first kappa shape index (κ1) is 11.7. The molecule has 0 spiro atoms. The lowest BCUT2D eigenvalue weighted by molar-refractivity contribution is -0.136. The quantitative estimate of drug-likeness (QED) is 0.702. The fourth-order valence-corrected chi connectivity index (χ4v) is 1.26. The molecule has 0 aromatic heterocycles. The standard InChI is InChI=1S/C10H16N2O3/c1-6(2)7(3)5-12-9(14)4-8(13)11-10(12)15/h6-7H,4-5H2,1-3H3,(H,11,13,15). The summed E-state index contributed by atoms with van der Waals surface area (Å²) in [5.74, 6) is -0.300. The molecule has 1 aliphatic heterocycles. The van der Waals surface area contributed by atoms with Crippen molar-refractivity contribution in [1.29, 1.82) is 0 Å². The minimum atomic E-state index is -0.594. The normalized spacial score (nSPS) is 19.5. The number of carbonyl (C=O) groups excluding carboxylic acids is 3. The first-order valence-corrected chi connectivity index (χ1v) is 5.06. The summed E-state index contributed by atoms with van der Waals surface area (Å²) in [6, 6.07) is -0.594. The molecule has 1 unspecified atom stereocenters. The van der Waals surface area contributed by atoms with Gasteiger partial charge in [0.2, 0.25) is 11.8 Å². The smallest absolute Gasteiger partial charge is 0.277 e. The lowest BCUT2D eigenvalue weighted by Gasteiger charge is -2.28. The van der Waals surface area contributed by atoms with Gasteiger partial charge < -0.3 is 0 Å². The molecule has 0 aromatic carbocycles. The van der Waals surface area contributed by atoms with E-state index in [-0.39, 0.29) is 12.3 Å². The zero-order valence-electron chi connectivity index (χ0n) is 9.24. The Morgan fingerprint density at radius 2 is 1.87 bits per heavy atom. The molecule has 0 aliphatic carbocycles. The maximum Gasteiger partial charge on any atom is 0.330 e. The number of imide groups is 2. The minimum Gasteiger partial charge on any atom is -0.277 e. The number of carbonyl (C=O) groups is 3. The topological polar surface area (TPSA) is 66.5 Å². The Morgan fingerprint density at radius 1 is 1.27 bits per heavy atom. The summed E-state index contributed by atoms with van der Waals surface area (Å²) in [6.45, 7) is 6.40. The van der Waals surface area contributed by atoms with Crippen molar-refractivity contribution in [2.24, 2.45) is 11.8 Å². The molecule has 1 N–H and O–H groups in total. The Balaban J connectivity index is 2.65. The van der Waals surface area contributed by atoms with Gasteiger partial charge in [-0.15, -0.1) is 0 Å². The second-order valence-electron chi connectivity index (χ2n) is 4.26. The first-order valence-electron chi connectivity index (χ1n) is 5.06. The van der Waals surface area contributed by atoms with Crippen molar-refractivity contribution in [2.45, 2.75) is 27.2 Å². The van der Waals surface area contributed by atoms with Crippen LogP contribution in [0.4, 0.5) is 4.79 Å². The van der Waals surface area contributed by atoms with E-state index in [9.17, 15) is 14.4 Å². The van der Waals surface area contributed by atoms with Crippen LogP contribution in [0, 0.1) is 11.8 Å². The maximum absolute atomic E-state index is 11.4. The van der Waals surface area contributed by atoms with Gasteiger partial charge in [0.25, 0.3) is 0 Å². The van der Waals surface area contributed by atoms with Gasteiger partial charge in [0, 0.05) is 6.54 Å². The number of nitrogens with zero attached hydrogens (tertiary/aromatic N) is 1. The molecule has 0 saturated carbocycles. The number of hydrogen-bond donors (Lipinski definition) is 1. The van der Waals surface area contributed by atoms with Crippen LogP contribution in [0.15, 0.2) is 0 Å². The summed E-state index contributed by atoms with van der Waals surface area (Å²) in [5.41, 5.74) is 0. The molecule has 0 aromatic rings. The Bertz CT molecular complexity index is 279. The SMILES string of the molecule is CC(C)C(C)CN1C(=O)CC(=O)NC1=O. The van der Waals surface area contributed by atoms with Crippen molar-refractivity contribution in [3.63, 3.8) is 0 Å². The van der Waals surface area contributed by atoms with Gasteiger partial charge in [-0.25, -0.2) is 4.79 Å². The minimum absolute atomic E-state index is 0.226. The van der Waals surface area contributed by atoms with Gasteiger partial charge in [-0.05, 0) is 11.8 Å². The second-order valence-corrected chi connectivity index (χ2v) is 4.26. The van der Waals surface area contributed by atoms with E-state index in [2.05, 4.69) is 5.32 Å². The Morgan fingerprint density at radius 3 is 2.33 bits per heavy atom. The van der Waals surface area contributed by atoms with Crippen molar-refractivity contribution in [2.75, 3.05) is 6.54 Å². The van der Waals surface area contributed by atoms with Crippen LogP contribution in [0.3, 0.4) is 0 Å². The molecule has 1 saturated heterocycles. The van der Waals surface area contributed by atoms with Gasteiger partial charge in [0.1, 0.15) is 6.42 Å². The third-order valence-electron chi connectivity index (χ3n) is 2.71. The average Bonchev–Trinajstić information content (AvgIpc) is 2.10. The molecule has 1 rings (SSSR count). The lowest BCUT2D eigenvalue weighted by Crippen LogP contribution is -2.54. The van der Waals surface area contributed by atoms with Gasteiger partial charge in [-0.1, -0.05) is 20.8 Å². The van der Waals surface area contributed by atoms with Crippen molar-refractivity contribution in [3.05, 3.63) is 0 Å². The van der Waals surface area contributed by atoms with Crippen molar-refractivity contribution < 1.29 is 14.4 Å². The van der Waals surface area contributed by atoms with Crippen LogP contribution in [0.2, 0.25) is 0 Å². The number of urea groups is 1. The molecule has 1 heterocycles. The molecule has 1 atom stereocenters. The molecule has 0 bridgehead atoms. The maximum atomic E-state index is 11.4. The van der Waals surface area contributed by atoms with Gasteiger partial charge in [-0.2, -0.15) is 0 Å². The van der Waals surface area contributed by atoms with Crippen LogP contribution < -0.4 is 5.32 Å². The Labute approximate surface area is 88.8 Å². The van der Waals surface area contributed by atoms with Crippen LogP contribution in [-0.2, 0) is 9.59 Å². The van der Waals surface area contributed by atoms with Crippen molar-refractivity contribution >= 4 is 17.8 Å². The summed E-state index contributed by atoms with van der Waals surface area (Å²) in [5, 5.41) is 2.13. The van der Waals surface area contributed by atoms with Crippen molar-refractivity contribution in [1.82, 2.24) is 10.2 Å². The highest BCUT2D eigenvalue weighted by Crippen LogP contribution is 2.13. The molecule has 15 heavy (non-hydrogen) atoms. The molecular formula is C10H16N2O3. The van der Waals surface area contributed by atoms with Gasteiger partial charge in [-0.3, -0.25) is 19.8 Å². The highest BCUT2D eigenvalue weighted by molar-refractivity contribution is 6.14. The van der Waals surface area contributed by atoms with Gasteiger partial charge >= 0.3 is 6.03 Å². The van der Waals surface area contributed by atoms with Gasteiger partial charge in [0.15, 0.2) is 0 Å². The zero-order chi connectivity index (χ0) is 11.6. The van der Waals surface area contributed by atoms with E-state index in [0.717, 1.165) is 4.90 Å².